The van der Waals surface area contributed by atoms with E-state index in [1.165, 1.54) is 0 Å². The van der Waals surface area contributed by atoms with Crippen LogP contribution in [-0.4, -0.2) is 4.92 Å². The Bertz CT molecular complexity index is 112. The highest BCUT2D eigenvalue weighted by atomic mass is 16.6. The maximum Gasteiger partial charge on any atom is -0.0488 e. The Balaban J connectivity index is 3.40. The summed E-state index contributed by atoms with van der Waals surface area (Å²) in [5.41, 5.74) is 0. The van der Waals surface area contributed by atoms with Crippen LogP contribution in [0.4, 0.5) is 0 Å². The predicted octanol–water partition coefficient (Wildman–Crippen LogP) is 2.25. The molecular weight excluding hydrogens is 130 g/mol. The summed E-state index contributed by atoms with van der Waals surface area (Å²) in [5.74, 6) is 0.551. The van der Waals surface area contributed by atoms with Gasteiger partial charge in [0.1, 0.15) is 0 Å². The van der Waals surface area contributed by atoms with Crippen LogP contribution < -0.4 is 0 Å². The van der Waals surface area contributed by atoms with Gasteiger partial charge in [-0.2, -0.15) is 0 Å². The Morgan fingerprint density at radius 3 is 2.40 bits per heavy atom. The highest BCUT2D eigenvalue weighted by Crippen LogP contribution is 2.13. The van der Waals surface area contributed by atoms with Gasteiger partial charge in [0.2, 0.25) is 0 Å². The maximum atomic E-state index is 10.1. The topological polar surface area (TPSA) is 43.1 Å². The van der Waals surface area contributed by atoms with Gasteiger partial charge in [0.25, 0.3) is 0 Å². The van der Waals surface area contributed by atoms with Crippen LogP contribution in [0, 0.1) is 22.1 Å². The fraction of sp³-hybridized carbons (Fsp3) is 0.857. The maximum absolute atomic E-state index is 10.1. The van der Waals surface area contributed by atoms with Crippen molar-refractivity contribution in [3.8, 4) is 0 Å². The molecule has 0 heterocycles. The highest BCUT2D eigenvalue weighted by molar-refractivity contribution is 4.69. The minimum atomic E-state index is -0.303. The Morgan fingerprint density at radius 1 is 1.60 bits per heavy atom. The summed E-state index contributed by atoms with van der Waals surface area (Å²) in [4.78, 5) is 9.78. The van der Waals surface area contributed by atoms with E-state index in [-0.39, 0.29) is 4.92 Å². The molecule has 0 aromatic carbocycles. The molecular formula is C7H14NO2-. The summed E-state index contributed by atoms with van der Waals surface area (Å²) in [7, 11) is 0. The molecule has 0 spiro atoms. The largest absolute Gasteiger partial charge is 0.295 e. The van der Waals surface area contributed by atoms with E-state index >= 15 is 0 Å². The molecule has 0 unspecified atom stereocenters. The van der Waals surface area contributed by atoms with Crippen LogP contribution in [0.3, 0.4) is 0 Å². The number of hydrogen-bond donors (Lipinski definition) is 0. The summed E-state index contributed by atoms with van der Waals surface area (Å²) >= 11 is 0. The van der Waals surface area contributed by atoms with Crippen LogP contribution in [0.1, 0.15) is 33.6 Å². The van der Waals surface area contributed by atoms with E-state index in [0.717, 1.165) is 6.42 Å². The first-order valence-electron chi connectivity index (χ1n) is 3.51. The quantitative estimate of drug-likeness (QED) is 0.345. The van der Waals surface area contributed by atoms with Crippen LogP contribution in [0.2, 0.25) is 0 Å². The first kappa shape index (κ1) is 9.27. The molecule has 60 valence electrons. The van der Waals surface area contributed by atoms with Crippen molar-refractivity contribution in [3.05, 3.63) is 16.2 Å². The molecule has 0 saturated carbocycles. The van der Waals surface area contributed by atoms with Crippen molar-refractivity contribution in [2.75, 3.05) is 0 Å². The molecule has 0 bridgehead atoms. The zero-order valence-electron chi connectivity index (χ0n) is 6.76. The van der Waals surface area contributed by atoms with Crippen LogP contribution in [-0.2, 0) is 0 Å². The molecule has 0 N–H and O–H groups in total. The average molecular weight is 144 g/mol. The third-order valence-electron chi connectivity index (χ3n) is 1.40. The second-order valence-corrected chi connectivity index (χ2v) is 2.92. The Hall–Kier alpha value is -0.730. The lowest BCUT2D eigenvalue weighted by Crippen LogP contribution is -2.06. The average Bonchev–Trinajstić information content (AvgIpc) is 1.82. The zero-order valence-corrected chi connectivity index (χ0v) is 6.76. The van der Waals surface area contributed by atoms with Gasteiger partial charge in [0.05, 0.1) is 0 Å². The van der Waals surface area contributed by atoms with Crippen molar-refractivity contribution in [2.24, 2.45) is 5.92 Å². The number of hydrogen-bond acceptors (Lipinski definition) is 2. The van der Waals surface area contributed by atoms with E-state index in [1.807, 2.05) is 0 Å². The van der Waals surface area contributed by atoms with Gasteiger partial charge >= 0.3 is 0 Å². The molecule has 10 heavy (non-hydrogen) atoms. The molecule has 0 aromatic rings. The van der Waals surface area contributed by atoms with Crippen LogP contribution in [0.25, 0.3) is 0 Å². The van der Waals surface area contributed by atoms with Crippen molar-refractivity contribution >= 4 is 0 Å². The van der Waals surface area contributed by atoms with Crippen LogP contribution in [0.15, 0.2) is 0 Å². The predicted molar refractivity (Wildman–Crippen MR) is 40.0 cm³/mol. The molecule has 0 fully saturated rings. The monoisotopic (exact) mass is 144 g/mol. The molecule has 0 amide bonds. The summed E-state index contributed by atoms with van der Waals surface area (Å²) in [6.45, 7) is 5.70. The molecule has 0 rings (SSSR count). The lowest BCUT2D eigenvalue weighted by atomic mass is 10.1. The van der Waals surface area contributed by atoms with Gasteiger partial charge in [0, 0.05) is 0 Å². The fourth-order valence-electron chi connectivity index (χ4n) is 0.589. The fourth-order valence-corrected chi connectivity index (χ4v) is 0.589. The van der Waals surface area contributed by atoms with Gasteiger partial charge in [0.15, 0.2) is 0 Å². The zero-order chi connectivity index (χ0) is 8.15. The first-order valence-corrected chi connectivity index (χ1v) is 3.51. The van der Waals surface area contributed by atoms with Gasteiger partial charge in [-0.1, -0.05) is 20.3 Å². The molecule has 0 saturated heterocycles. The summed E-state index contributed by atoms with van der Waals surface area (Å²) < 4.78 is 0. The molecule has 0 aliphatic carbocycles. The van der Waals surface area contributed by atoms with Crippen molar-refractivity contribution in [1.82, 2.24) is 0 Å². The molecule has 0 radical (unpaired) electrons. The van der Waals surface area contributed by atoms with Crippen LogP contribution >= 0.6 is 0 Å². The van der Waals surface area contributed by atoms with Gasteiger partial charge in [-0.05, 0) is 12.0 Å². The Morgan fingerprint density at radius 2 is 2.10 bits per heavy atom. The Kier molecular flexibility index (Phi) is 3.84. The summed E-state index contributed by atoms with van der Waals surface area (Å²) in [5, 5.41) is 10.1. The minimum Gasteiger partial charge on any atom is -0.295 e. The minimum absolute atomic E-state index is 0.303. The molecule has 3 heteroatoms. The standard InChI is InChI=1S/C7H14NO2/c1-6(2)4-5-7(3)8(9)10/h6H,4-5H2,1-3H3/q-1. The van der Waals surface area contributed by atoms with Gasteiger partial charge in [-0.3, -0.25) is 10.1 Å². The third-order valence-corrected chi connectivity index (χ3v) is 1.40. The van der Waals surface area contributed by atoms with Crippen molar-refractivity contribution in [2.45, 2.75) is 33.6 Å². The molecule has 0 aliphatic rings. The first-order chi connectivity index (χ1) is 4.54. The van der Waals surface area contributed by atoms with Crippen molar-refractivity contribution in [1.29, 1.82) is 0 Å². The van der Waals surface area contributed by atoms with Crippen molar-refractivity contribution in [3.63, 3.8) is 0 Å². The van der Waals surface area contributed by atoms with Gasteiger partial charge in [-0.25, -0.2) is 0 Å². The lowest BCUT2D eigenvalue weighted by Gasteiger charge is -2.15. The smallest absolute Gasteiger partial charge is 0.0488 e. The third kappa shape index (κ3) is 4.18. The molecule has 0 atom stereocenters. The van der Waals surface area contributed by atoms with E-state index in [1.54, 1.807) is 6.92 Å². The van der Waals surface area contributed by atoms with Gasteiger partial charge in [-0.15, -0.1) is 18.3 Å². The molecule has 3 nitrogen and oxygen atoms in total. The van der Waals surface area contributed by atoms with E-state index in [4.69, 9.17) is 0 Å². The van der Waals surface area contributed by atoms with Gasteiger partial charge < -0.3 is 0 Å². The second kappa shape index (κ2) is 4.14. The number of nitrogens with zero attached hydrogens (tertiary/aromatic N) is 1. The van der Waals surface area contributed by atoms with E-state index in [9.17, 15) is 10.1 Å². The number of nitro groups is 1. The lowest BCUT2D eigenvalue weighted by molar-refractivity contribution is -0.466. The van der Waals surface area contributed by atoms with Crippen molar-refractivity contribution < 1.29 is 4.92 Å². The summed E-state index contributed by atoms with van der Waals surface area (Å²) in [6.07, 6.45) is 1.53. The number of rotatable bonds is 4. The summed E-state index contributed by atoms with van der Waals surface area (Å²) in [6, 6.07) is 0.369. The van der Waals surface area contributed by atoms with Crippen LogP contribution in [0.5, 0.6) is 0 Å². The Labute approximate surface area is 61.6 Å². The van der Waals surface area contributed by atoms with E-state index in [0.29, 0.717) is 18.4 Å². The second-order valence-electron chi connectivity index (χ2n) is 2.92. The van der Waals surface area contributed by atoms with E-state index < -0.39 is 0 Å². The molecule has 0 aromatic heterocycles. The molecule has 0 aliphatic heterocycles. The SMILES string of the molecule is C[C-](CCC(C)C)[N+](=O)[O-]. The highest BCUT2D eigenvalue weighted by Gasteiger charge is 1.99. The normalized spacial score (nSPS) is 10.0. The van der Waals surface area contributed by atoms with E-state index in [2.05, 4.69) is 13.8 Å².